The predicted molar refractivity (Wildman–Crippen MR) is 88.8 cm³/mol. The molecular formula is C18H30N2O. The third kappa shape index (κ3) is 6.49. The van der Waals surface area contributed by atoms with E-state index in [1.54, 1.807) is 0 Å². The molecule has 3 heteroatoms. The van der Waals surface area contributed by atoms with Gasteiger partial charge in [-0.05, 0) is 43.0 Å². The van der Waals surface area contributed by atoms with Crippen LogP contribution in [-0.2, 0) is 6.54 Å². The summed E-state index contributed by atoms with van der Waals surface area (Å²) in [5.74, 6) is 1.70. The highest BCUT2D eigenvalue weighted by molar-refractivity contribution is 5.28. The zero-order valence-corrected chi connectivity index (χ0v) is 13.8. The van der Waals surface area contributed by atoms with Crippen molar-refractivity contribution in [2.24, 2.45) is 5.92 Å². The van der Waals surface area contributed by atoms with Crippen molar-refractivity contribution in [1.29, 1.82) is 0 Å². The van der Waals surface area contributed by atoms with Crippen molar-refractivity contribution in [3.8, 4) is 5.75 Å². The second-order valence-electron chi connectivity index (χ2n) is 6.44. The monoisotopic (exact) mass is 290 g/mol. The van der Waals surface area contributed by atoms with Crippen LogP contribution in [0.15, 0.2) is 24.3 Å². The van der Waals surface area contributed by atoms with Crippen molar-refractivity contribution >= 4 is 0 Å². The fraction of sp³-hybridized carbons (Fsp3) is 0.667. The van der Waals surface area contributed by atoms with Gasteiger partial charge in [-0.2, -0.15) is 0 Å². The summed E-state index contributed by atoms with van der Waals surface area (Å²) in [4.78, 5) is 2.45. The SMILES string of the molecule is CCN(CCOc1cccc(CNC2CC2)c1)CC(C)C. The Bertz CT molecular complexity index is 415. The summed E-state index contributed by atoms with van der Waals surface area (Å²) in [6.45, 7) is 11.7. The van der Waals surface area contributed by atoms with E-state index in [1.165, 1.54) is 18.4 Å². The van der Waals surface area contributed by atoms with Gasteiger partial charge in [-0.25, -0.2) is 0 Å². The quantitative estimate of drug-likeness (QED) is 0.715. The molecule has 0 spiro atoms. The Balaban J connectivity index is 1.72. The molecule has 0 unspecified atom stereocenters. The van der Waals surface area contributed by atoms with Gasteiger partial charge in [-0.1, -0.05) is 32.9 Å². The highest BCUT2D eigenvalue weighted by Crippen LogP contribution is 2.20. The van der Waals surface area contributed by atoms with Gasteiger partial charge in [0.2, 0.25) is 0 Å². The van der Waals surface area contributed by atoms with Crippen LogP contribution in [-0.4, -0.2) is 37.2 Å². The van der Waals surface area contributed by atoms with E-state index in [0.717, 1.165) is 44.6 Å². The summed E-state index contributed by atoms with van der Waals surface area (Å²) in [7, 11) is 0. The van der Waals surface area contributed by atoms with Crippen molar-refractivity contribution in [2.45, 2.75) is 46.2 Å². The van der Waals surface area contributed by atoms with E-state index in [1.807, 2.05) is 0 Å². The third-order valence-electron chi connectivity index (χ3n) is 3.82. The van der Waals surface area contributed by atoms with Crippen LogP contribution in [0.25, 0.3) is 0 Å². The molecule has 1 N–H and O–H groups in total. The number of hydrogen-bond acceptors (Lipinski definition) is 3. The minimum Gasteiger partial charge on any atom is -0.492 e. The summed E-state index contributed by atoms with van der Waals surface area (Å²) in [5, 5.41) is 3.54. The summed E-state index contributed by atoms with van der Waals surface area (Å²) in [5.41, 5.74) is 1.31. The average molecular weight is 290 g/mol. The molecule has 1 aromatic carbocycles. The molecule has 3 nitrogen and oxygen atoms in total. The Kier molecular flexibility index (Phi) is 6.52. The number of ether oxygens (including phenoxy) is 1. The van der Waals surface area contributed by atoms with Gasteiger partial charge in [0, 0.05) is 25.7 Å². The number of nitrogens with zero attached hydrogens (tertiary/aromatic N) is 1. The first-order chi connectivity index (χ1) is 10.2. The first-order valence-electron chi connectivity index (χ1n) is 8.35. The summed E-state index contributed by atoms with van der Waals surface area (Å²) >= 11 is 0. The Morgan fingerprint density at radius 3 is 2.81 bits per heavy atom. The lowest BCUT2D eigenvalue weighted by molar-refractivity contribution is 0.200. The molecule has 1 aromatic rings. The first-order valence-corrected chi connectivity index (χ1v) is 8.35. The van der Waals surface area contributed by atoms with Crippen LogP contribution in [0.1, 0.15) is 39.2 Å². The lowest BCUT2D eigenvalue weighted by Crippen LogP contribution is -2.31. The Morgan fingerprint density at radius 1 is 1.33 bits per heavy atom. The second-order valence-corrected chi connectivity index (χ2v) is 6.44. The minimum atomic E-state index is 0.710. The predicted octanol–water partition coefficient (Wildman–Crippen LogP) is 3.30. The highest BCUT2D eigenvalue weighted by Gasteiger charge is 2.19. The first kappa shape index (κ1) is 16.3. The fourth-order valence-electron chi connectivity index (χ4n) is 2.48. The molecule has 1 fully saturated rings. The van der Waals surface area contributed by atoms with E-state index >= 15 is 0 Å². The van der Waals surface area contributed by atoms with Crippen LogP contribution >= 0.6 is 0 Å². The molecule has 0 aliphatic heterocycles. The van der Waals surface area contributed by atoms with Crippen molar-refractivity contribution < 1.29 is 4.74 Å². The molecule has 0 bridgehead atoms. The Labute approximate surface area is 129 Å². The van der Waals surface area contributed by atoms with Crippen LogP contribution in [0.5, 0.6) is 5.75 Å². The van der Waals surface area contributed by atoms with Gasteiger partial charge in [0.25, 0.3) is 0 Å². The zero-order valence-electron chi connectivity index (χ0n) is 13.8. The molecule has 1 saturated carbocycles. The zero-order chi connectivity index (χ0) is 15.1. The second kappa shape index (κ2) is 8.40. The molecule has 0 amide bonds. The maximum absolute atomic E-state index is 5.91. The molecule has 0 saturated heterocycles. The molecule has 1 aliphatic rings. The van der Waals surface area contributed by atoms with Gasteiger partial charge >= 0.3 is 0 Å². The smallest absolute Gasteiger partial charge is 0.119 e. The third-order valence-corrected chi connectivity index (χ3v) is 3.82. The summed E-state index contributed by atoms with van der Waals surface area (Å²) < 4.78 is 5.91. The lowest BCUT2D eigenvalue weighted by Gasteiger charge is -2.22. The van der Waals surface area contributed by atoms with Crippen molar-refractivity contribution in [3.05, 3.63) is 29.8 Å². The standard InChI is InChI=1S/C18H30N2O/c1-4-20(14-15(2)3)10-11-21-18-7-5-6-16(12-18)13-19-17-8-9-17/h5-7,12,15,17,19H,4,8-11,13-14H2,1-3H3. The topological polar surface area (TPSA) is 24.5 Å². The van der Waals surface area contributed by atoms with Gasteiger partial charge in [-0.15, -0.1) is 0 Å². The lowest BCUT2D eigenvalue weighted by atomic mass is 10.2. The van der Waals surface area contributed by atoms with E-state index in [0.29, 0.717) is 5.92 Å². The Hall–Kier alpha value is -1.06. The number of benzene rings is 1. The number of hydrogen-bond donors (Lipinski definition) is 1. The van der Waals surface area contributed by atoms with Crippen molar-refractivity contribution in [3.63, 3.8) is 0 Å². The van der Waals surface area contributed by atoms with Gasteiger partial charge < -0.3 is 10.1 Å². The van der Waals surface area contributed by atoms with Crippen molar-refractivity contribution in [2.75, 3.05) is 26.2 Å². The van der Waals surface area contributed by atoms with Gasteiger partial charge in [-0.3, -0.25) is 4.90 Å². The van der Waals surface area contributed by atoms with Crippen LogP contribution in [0.4, 0.5) is 0 Å². The molecule has 1 aliphatic carbocycles. The molecule has 21 heavy (non-hydrogen) atoms. The van der Waals surface area contributed by atoms with Gasteiger partial charge in [0.1, 0.15) is 12.4 Å². The normalized spacial score (nSPS) is 14.9. The molecule has 0 atom stereocenters. The number of likely N-dealkylation sites (N-methyl/N-ethyl adjacent to an activating group) is 1. The van der Waals surface area contributed by atoms with Crippen LogP contribution in [0.2, 0.25) is 0 Å². The van der Waals surface area contributed by atoms with E-state index in [4.69, 9.17) is 4.74 Å². The van der Waals surface area contributed by atoms with Crippen LogP contribution in [0.3, 0.4) is 0 Å². The minimum absolute atomic E-state index is 0.710. The van der Waals surface area contributed by atoms with Gasteiger partial charge in [0.05, 0.1) is 0 Å². The Morgan fingerprint density at radius 2 is 2.14 bits per heavy atom. The van der Waals surface area contributed by atoms with E-state index < -0.39 is 0 Å². The van der Waals surface area contributed by atoms with Crippen LogP contribution < -0.4 is 10.1 Å². The van der Waals surface area contributed by atoms with E-state index in [-0.39, 0.29) is 0 Å². The van der Waals surface area contributed by atoms with E-state index in [2.05, 4.69) is 55.3 Å². The highest BCUT2D eigenvalue weighted by atomic mass is 16.5. The van der Waals surface area contributed by atoms with Crippen LogP contribution in [0, 0.1) is 5.92 Å². The molecule has 0 aromatic heterocycles. The summed E-state index contributed by atoms with van der Waals surface area (Å²) in [6, 6.07) is 9.22. The maximum atomic E-state index is 5.91. The van der Waals surface area contributed by atoms with E-state index in [9.17, 15) is 0 Å². The number of rotatable bonds is 10. The van der Waals surface area contributed by atoms with Gasteiger partial charge in [0.15, 0.2) is 0 Å². The molecular weight excluding hydrogens is 260 g/mol. The van der Waals surface area contributed by atoms with Crippen molar-refractivity contribution in [1.82, 2.24) is 10.2 Å². The summed E-state index contributed by atoms with van der Waals surface area (Å²) in [6.07, 6.45) is 2.66. The largest absolute Gasteiger partial charge is 0.492 e. The molecule has 118 valence electrons. The molecule has 2 rings (SSSR count). The molecule has 0 heterocycles. The number of nitrogens with one attached hydrogen (secondary N) is 1. The molecule has 0 radical (unpaired) electrons. The maximum Gasteiger partial charge on any atom is 0.119 e. The fourth-order valence-corrected chi connectivity index (χ4v) is 2.48. The average Bonchev–Trinajstić information content (AvgIpc) is 3.28.